The van der Waals surface area contributed by atoms with Gasteiger partial charge < -0.3 is 0 Å². The third-order valence-corrected chi connectivity index (χ3v) is 4.03. The fraction of sp³-hybridized carbons (Fsp3) is 0.278. The summed E-state index contributed by atoms with van der Waals surface area (Å²) < 4.78 is 2.27. The van der Waals surface area contributed by atoms with Crippen molar-refractivity contribution < 1.29 is 0 Å². The van der Waals surface area contributed by atoms with Crippen LogP contribution in [0.4, 0.5) is 0 Å². The second kappa shape index (κ2) is 5.90. The van der Waals surface area contributed by atoms with Gasteiger partial charge in [-0.1, -0.05) is 31.2 Å². The summed E-state index contributed by atoms with van der Waals surface area (Å²) in [6.07, 6.45) is 1.82. The first-order chi connectivity index (χ1) is 10.2. The maximum atomic E-state index is 5.81. The minimum Gasteiger partial charge on any atom is -0.296 e. The lowest BCUT2D eigenvalue weighted by atomic mass is 10.1. The van der Waals surface area contributed by atoms with Crippen molar-refractivity contribution in [1.29, 1.82) is 0 Å². The molecule has 0 fully saturated rings. The van der Waals surface area contributed by atoms with E-state index in [1.165, 1.54) is 22.3 Å². The number of aryl methyl sites for hydroxylation is 3. The first-order valence-electron chi connectivity index (χ1n) is 7.36. The van der Waals surface area contributed by atoms with Gasteiger partial charge in [0.1, 0.15) is 5.82 Å². The molecule has 0 spiro atoms. The Hall–Kier alpha value is -1.80. The Morgan fingerprint density at radius 2 is 1.86 bits per heavy atom. The second-order valence-corrected chi connectivity index (χ2v) is 5.64. The number of hydrogen-bond acceptors (Lipinski definition) is 1. The Balaban J connectivity index is 2.18. The zero-order valence-electron chi connectivity index (χ0n) is 12.4. The Morgan fingerprint density at radius 1 is 1.10 bits per heavy atom. The lowest BCUT2D eigenvalue weighted by molar-refractivity contribution is 0.906. The molecule has 0 aliphatic rings. The van der Waals surface area contributed by atoms with Crippen molar-refractivity contribution in [2.24, 2.45) is 0 Å². The van der Waals surface area contributed by atoms with E-state index < -0.39 is 0 Å². The van der Waals surface area contributed by atoms with Crippen molar-refractivity contribution in [3.8, 4) is 5.69 Å². The van der Waals surface area contributed by atoms with Gasteiger partial charge in [0, 0.05) is 18.0 Å². The lowest BCUT2D eigenvalue weighted by Gasteiger charge is -2.10. The van der Waals surface area contributed by atoms with Crippen molar-refractivity contribution in [2.75, 3.05) is 5.88 Å². The van der Waals surface area contributed by atoms with Crippen LogP contribution in [0.1, 0.15) is 23.9 Å². The van der Waals surface area contributed by atoms with Crippen molar-refractivity contribution in [3.05, 3.63) is 59.4 Å². The van der Waals surface area contributed by atoms with E-state index in [1.807, 2.05) is 0 Å². The molecule has 0 saturated carbocycles. The average Bonchev–Trinajstić information content (AvgIpc) is 2.88. The van der Waals surface area contributed by atoms with E-state index >= 15 is 0 Å². The number of hydrogen-bond donors (Lipinski definition) is 0. The third kappa shape index (κ3) is 2.56. The number of nitrogens with zero attached hydrogens (tertiary/aromatic N) is 2. The van der Waals surface area contributed by atoms with Gasteiger partial charge in [0.25, 0.3) is 0 Å². The molecule has 1 aromatic heterocycles. The summed E-state index contributed by atoms with van der Waals surface area (Å²) in [6.45, 7) is 4.29. The Kier molecular flexibility index (Phi) is 3.98. The molecule has 0 N–H and O–H groups in total. The van der Waals surface area contributed by atoms with Crippen LogP contribution in [0, 0.1) is 6.92 Å². The highest BCUT2D eigenvalue weighted by Crippen LogP contribution is 2.25. The number of benzene rings is 2. The minimum atomic E-state index is 0.659. The van der Waals surface area contributed by atoms with E-state index in [4.69, 9.17) is 16.6 Å². The molecule has 0 aliphatic carbocycles. The Morgan fingerprint density at radius 3 is 2.52 bits per heavy atom. The molecule has 3 aromatic rings. The van der Waals surface area contributed by atoms with Gasteiger partial charge in [0.15, 0.2) is 0 Å². The molecule has 0 saturated heterocycles. The van der Waals surface area contributed by atoms with Crippen molar-refractivity contribution >= 4 is 22.6 Å². The number of fused-ring (bicyclic) bond motifs is 1. The summed E-state index contributed by atoms with van der Waals surface area (Å²) in [5.74, 6) is 1.76. The Bertz CT molecular complexity index is 757. The fourth-order valence-electron chi connectivity index (χ4n) is 2.78. The average molecular weight is 299 g/mol. The van der Waals surface area contributed by atoms with E-state index in [1.54, 1.807) is 0 Å². The van der Waals surface area contributed by atoms with Crippen molar-refractivity contribution in [1.82, 2.24) is 9.55 Å². The lowest BCUT2D eigenvalue weighted by Crippen LogP contribution is -2.01. The molecule has 0 unspecified atom stereocenters. The van der Waals surface area contributed by atoms with Crippen LogP contribution in [-0.2, 0) is 12.8 Å². The van der Waals surface area contributed by atoms with Crippen LogP contribution in [0.25, 0.3) is 16.7 Å². The first kappa shape index (κ1) is 14.2. The topological polar surface area (TPSA) is 17.8 Å². The fourth-order valence-corrected chi connectivity index (χ4v) is 3.00. The standard InChI is InChI=1S/C18H19ClN2/c1-3-17-20-16-6-4-5-13(2)18(16)21(17)15-9-7-14(8-10-15)11-12-19/h4-10H,3,11-12H2,1-2H3. The first-order valence-corrected chi connectivity index (χ1v) is 7.90. The van der Waals surface area contributed by atoms with Crippen LogP contribution in [0.15, 0.2) is 42.5 Å². The van der Waals surface area contributed by atoms with Crippen LogP contribution in [0.3, 0.4) is 0 Å². The van der Waals surface area contributed by atoms with Gasteiger partial charge in [0.2, 0.25) is 0 Å². The molecule has 3 rings (SSSR count). The minimum absolute atomic E-state index is 0.659. The molecular weight excluding hydrogens is 280 g/mol. The number of para-hydroxylation sites is 1. The van der Waals surface area contributed by atoms with E-state index in [-0.39, 0.29) is 0 Å². The summed E-state index contributed by atoms with van der Waals surface area (Å²) in [6, 6.07) is 14.9. The molecule has 3 heteroatoms. The molecule has 21 heavy (non-hydrogen) atoms. The van der Waals surface area contributed by atoms with Crippen LogP contribution < -0.4 is 0 Å². The molecule has 108 valence electrons. The van der Waals surface area contributed by atoms with Gasteiger partial charge in [-0.05, 0) is 42.7 Å². The second-order valence-electron chi connectivity index (χ2n) is 5.27. The van der Waals surface area contributed by atoms with E-state index in [9.17, 15) is 0 Å². The van der Waals surface area contributed by atoms with Gasteiger partial charge >= 0.3 is 0 Å². The number of halogens is 1. The van der Waals surface area contributed by atoms with Crippen LogP contribution in [0.2, 0.25) is 0 Å². The monoisotopic (exact) mass is 298 g/mol. The molecule has 0 aliphatic heterocycles. The van der Waals surface area contributed by atoms with E-state index in [0.717, 1.165) is 24.2 Å². The van der Waals surface area contributed by atoms with Gasteiger partial charge in [-0.25, -0.2) is 4.98 Å². The number of alkyl halides is 1. The Labute approximate surface area is 130 Å². The van der Waals surface area contributed by atoms with Gasteiger partial charge in [0.05, 0.1) is 11.0 Å². The molecular formula is C18H19ClN2. The van der Waals surface area contributed by atoms with E-state index in [0.29, 0.717) is 5.88 Å². The van der Waals surface area contributed by atoms with E-state index in [2.05, 4.69) is 60.9 Å². The predicted octanol–water partition coefficient (Wildman–Crippen LogP) is 4.68. The largest absolute Gasteiger partial charge is 0.296 e. The third-order valence-electron chi connectivity index (χ3n) is 3.84. The predicted molar refractivity (Wildman–Crippen MR) is 89.6 cm³/mol. The highest BCUT2D eigenvalue weighted by Gasteiger charge is 2.12. The maximum absolute atomic E-state index is 5.81. The van der Waals surface area contributed by atoms with Gasteiger partial charge in [-0.2, -0.15) is 0 Å². The summed E-state index contributed by atoms with van der Waals surface area (Å²) in [5.41, 5.74) is 5.97. The SMILES string of the molecule is CCc1nc2cccc(C)c2n1-c1ccc(CCCl)cc1. The highest BCUT2D eigenvalue weighted by atomic mass is 35.5. The van der Waals surface area contributed by atoms with Crippen LogP contribution >= 0.6 is 11.6 Å². The number of aromatic nitrogens is 2. The number of imidazole rings is 1. The van der Waals surface area contributed by atoms with Gasteiger partial charge in [-0.3, -0.25) is 4.57 Å². The normalized spacial score (nSPS) is 11.2. The molecule has 2 nitrogen and oxygen atoms in total. The molecule has 0 bridgehead atoms. The quantitative estimate of drug-likeness (QED) is 0.640. The van der Waals surface area contributed by atoms with Gasteiger partial charge in [-0.15, -0.1) is 11.6 Å². The highest BCUT2D eigenvalue weighted by molar-refractivity contribution is 6.17. The summed E-state index contributed by atoms with van der Waals surface area (Å²) in [4.78, 5) is 4.77. The molecule has 1 heterocycles. The molecule has 0 radical (unpaired) electrons. The number of rotatable bonds is 4. The smallest absolute Gasteiger partial charge is 0.114 e. The van der Waals surface area contributed by atoms with Crippen molar-refractivity contribution in [2.45, 2.75) is 26.7 Å². The van der Waals surface area contributed by atoms with Crippen molar-refractivity contribution in [3.63, 3.8) is 0 Å². The van der Waals surface area contributed by atoms with Crippen LogP contribution in [0.5, 0.6) is 0 Å². The summed E-state index contributed by atoms with van der Waals surface area (Å²) in [7, 11) is 0. The molecule has 0 amide bonds. The summed E-state index contributed by atoms with van der Waals surface area (Å²) >= 11 is 5.81. The summed E-state index contributed by atoms with van der Waals surface area (Å²) in [5, 5.41) is 0. The zero-order valence-corrected chi connectivity index (χ0v) is 13.2. The molecule has 2 aromatic carbocycles. The zero-order chi connectivity index (χ0) is 14.8. The molecule has 0 atom stereocenters. The maximum Gasteiger partial charge on any atom is 0.114 e. The van der Waals surface area contributed by atoms with Crippen LogP contribution in [-0.4, -0.2) is 15.4 Å².